The smallest absolute Gasteiger partial charge is 0.317 e. The van der Waals surface area contributed by atoms with Crippen LogP contribution in [0.15, 0.2) is 28.6 Å². The molecule has 2 rings (SSSR count). The molecule has 0 aromatic carbocycles. The number of allylic oxidation sites excluding steroid dienone is 1. The molecule has 2 atom stereocenters. The molecule has 0 saturated carbocycles. The molecule has 1 aliphatic rings. The maximum atomic E-state index is 12.1. The molecule has 4 nitrogen and oxygen atoms in total. The second-order valence-corrected chi connectivity index (χ2v) is 5.39. The lowest BCUT2D eigenvalue weighted by atomic mass is 9.89. The molecule has 1 fully saturated rings. The second kappa shape index (κ2) is 6.16. The van der Waals surface area contributed by atoms with Gasteiger partial charge in [-0.2, -0.15) is 11.3 Å². The summed E-state index contributed by atoms with van der Waals surface area (Å²) in [5.74, 6) is -0.662. The van der Waals surface area contributed by atoms with Crippen LogP contribution < -0.4 is 10.6 Å². The minimum atomic E-state index is -0.397. The van der Waals surface area contributed by atoms with Crippen molar-refractivity contribution in [1.29, 1.82) is 0 Å². The summed E-state index contributed by atoms with van der Waals surface area (Å²) in [5, 5.41) is 10.8. The third kappa shape index (κ3) is 2.96. The van der Waals surface area contributed by atoms with Gasteiger partial charge in [-0.3, -0.25) is 4.79 Å². The number of methoxy groups -OCH3 is 1. The predicted molar refractivity (Wildman–Crippen MR) is 79.8 cm³/mol. The van der Waals surface area contributed by atoms with Crippen LogP contribution in [0.2, 0.25) is 0 Å². The van der Waals surface area contributed by atoms with E-state index in [0.29, 0.717) is 5.11 Å². The van der Waals surface area contributed by atoms with Gasteiger partial charge in [0.2, 0.25) is 0 Å². The van der Waals surface area contributed by atoms with Crippen LogP contribution in [0.3, 0.4) is 0 Å². The molecule has 19 heavy (non-hydrogen) atoms. The number of carbonyl (C=O) groups excluding carboxylic acids is 1. The van der Waals surface area contributed by atoms with Crippen LogP contribution in [0.25, 0.3) is 0 Å². The van der Waals surface area contributed by atoms with E-state index in [2.05, 4.69) is 10.6 Å². The van der Waals surface area contributed by atoms with E-state index in [1.165, 1.54) is 7.11 Å². The highest BCUT2D eigenvalue weighted by molar-refractivity contribution is 7.80. The second-order valence-electron chi connectivity index (χ2n) is 4.20. The minimum Gasteiger partial charge on any atom is -0.468 e. The Hall–Kier alpha value is -1.40. The summed E-state index contributed by atoms with van der Waals surface area (Å²) >= 11 is 6.81. The molecule has 6 heteroatoms. The van der Waals surface area contributed by atoms with Crippen molar-refractivity contribution in [2.45, 2.75) is 19.4 Å². The number of thiophene rings is 1. The first kappa shape index (κ1) is 14.0. The van der Waals surface area contributed by atoms with Crippen molar-refractivity contribution in [3.8, 4) is 0 Å². The van der Waals surface area contributed by atoms with Gasteiger partial charge < -0.3 is 15.4 Å². The first-order valence-corrected chi connectivity index (χ1v) is 7.40. The Balaban J connectivity index is 2.39. The molecule has 1 aromatic rings. The maximum absolute atomic E-state index is 12.1. The Kier molecular flexibility index (Phi) is 4.55. The van der Waals surface area contributed by atoms with Crippen molar-refractivity contribution in [3.05, 3.63) is 34.2 Å². The number of carbonyl (C=O) groups is 1. The Bertz CT molecular complexity index is 497. The van der Waals surface area contributed by atoms with Gasteiger partial charge in [0.15, 0.2) is 5.11 Å². The van der Waals surface area contributed by atoms with Crippen molar-refractivity contribution in [3.63, 3.8) is 0 Å². The van der Waals surface area contributed by atoms with Crippen LogP contribution in [0, 0.1) is 5.92 Å². The largest absolute Gasteiger partial charge is 0.468 e. The standard InChI is InChI=1S/C13H16N2O2S2/c1-3-4-9-10(12(16)17-2)11(15-13(18)14-9)8-5-6-19-7-8/h4-7,10-11H,3H2,1-2H3,(H2,14,15,18)/b9-4+/t10-,11+/m1/s1. The summed E-state index contributed by atoms with van der Waals surface area (Å²) in [5.41, 5.74) is 1.86. The fraction of sp³-hybridized carbons (Fsp3) is 0.385. The maximum Gasteiger partial charge on any atom is 0.317 e. The molecule has 102 valence electrons. The van der Waals surface area contributed by atoms with Gasteiger partial charge in [0.25, 0.3) is 0 Å². The van der Waals surface area contributed by atoms with E-state index < -0.39 is 5.92 Å². The molecule has 0 spiro atoms. The molecule has 1 aliphatic heterocycles. The first-order valence-electron chi connectivity index (χ1n) is 6.04. The average Bonchev–Trinajstić information content (AvgIpc) is 2.91. The summed E-state index contributed by atoms with van der Waals surface area (Å²) in [7, 11) is 1.41. The number of hydrogen-bond donors (Lipinski definition) is 2. The van der Waals surface area contributed by atoms with Gasteiger partial charge in [-0.25, -0.2) is 0 Å². The van der Waals surface area contributed by atoms with Crippen LogP contribution in [0.5, 0.6) is 0 Å². The van der Waals surface area contributed by atoms with Crippen molar-refractivity contribution >= 4 is 34.6 Å². The van der Waals surface area contributed by atoms with Crippen LogP contribution in [0.1, 0.15) is 24.9 Å². The monoisotopic (exact) mass is 296 g/mol. The molecule has 2 N–H and O–H groups in total. The number of ether oxygens (including phenoxy) is 1. The highest BCUT2D eigenvalue weighted by Crippen LogP contribution is 2.32. The molecular weight excluding hydrogens is 280 g/mol. The van der Waals surface area contributed by atoms with Gasteiger partial charge in [-0.05, 0) is 41.0 Å². The van der Waals surface area contributed by atoms with Crippen LogP contribution in [0.4, 0.5) is 0 Å². The normalized spacial score (nSPS) is 24.7. The molecule has 0 amide bonds. The van der Waals surface area contributed by atoms with Crippen molar-refractivity contribution in [1.82, 2.24) is 10.6 Å². The highest BCUT2D eigenvalue weighted by atomic mass is 32.1. The van der Waals surface area contributed by atoms with Crippen LogP contribution in [-0.4, -0.2) is 18.2 Å². The van der Waals surface area contributed by atoms with Crippen LogP contribution in [-0.2, 0) is 9.53 Å². The molecule has 1 saturated heterocycles. The zero-order valence-electron chi connectivity index (χ0n) is 10.8. The summed E-state index contributed by atoms with van der Waals surface area (Å²) < 4.78 is 4.93. The molecule has 0 aliphatic carbocycles. The van der Waals surface area contributed by atoms with E-state index in [4.69, 9.17) is 17.0 Å². The van der Waals surface area contributed by atoms with E-state index in [9.17, 15) is 4.79 Å². The number of nitrogens with one attached hydrogen (secondary N) is 2. The number of rotatable bonds is 3. The Morgan fingerprint density at radius 1 is 1.63 bits per heavy atom. The average molecular weight is 296 g/mol. The molecule has 1 aromatic heterocycles. The van der Waals surface area contributed by atoms with E-state index >= 15 is 0 Å². The Labute approximate surface area is 121 Å². The van der Waals surface area contributed by atoms with Crippen molar-refractivity contribution in [2.75, 3.05) is 7.11 Å². The minimum absolute atomic E-state index is 0.176. The lowest BCUT2D eigenvalue weighted by Gasteiger charge is -2.34. The van der Waals surface area contributed by atoms with Crippen LogP contribution >= 0.6 is 23.6 Å². The molecule has 2 heterocycles. The van der Waals surface area contributed by atoms with Gasteiger partial charge in [0.1, 0.15) is 5.92 Å². The van der Waals surface area contributed by atoms with Crippen molar-refractivity contribution < 1.29 is 9.53 Å². The molecule has 0 unspecified atom stereocenters. The van der Waals surface area contributed by atoms with E-state index in [1.54, 1.807) is 11.3 Å². The van der Waals surface area contributed by atoms with Gasteiger partial charge in [-0.1, -0.05) is 13.0 Å². The van der Waals surface area contributed by atoms with E-state index in [0.717, 1.165) is 17.7 Å². The Morgan fingerprint density at radius 2 is 2.42 bits per heavy atom. The quantitative estimate of drug-likeness (QED) is 0.662. The number of esters is 1. The topological polar surface area (TPSA) is 50.4 Å². The summed E-state index contributed by atoms with van der Waals surface area (Å²) in [6, 6.07) is 1.82. The lowest BCUT2D eigenvalue weighted by molar-refractivity contribution is -0.145. The van der Waals surface area contributed by atoms with E-state index in [1.807, 2.05) is 29.8 Å². The number of thiocarbonyl (C=S) groups is 1. The summed E-state index contributed by atoms with van der Waals surface area (Å²) in [6.07, 6.45) is 2.81. The van der Waals surface area contributed by atoms with Gasteiger partial charge >= 0.3 is 5.97 Å². The lowest BCUT2D eigenvalue weighted by Crippen LogP contribution is -2.51. The summed E-state index contributed by atoms with van der Waals surface area (Å²) in [6.45, 7) is 2.02. The SMILES string of the molecule is CC/C=C1/NC(=S)N[C@@H](c2ccsc2)[C@@H]1C(=O)OC. The van der Waals surface area contributed by atoms with Crippen molar-refractivity contribution in [2.24, 2.45) is 5.92 Å². The van der Waals surface area contributed by atoms with Gasteiger partial charge in [0, 0.05) is 5.70 Å². The third-order valence-electron chi connectivity index (χ3n) is 2.99. The van der Waals surface area contributed by atoms with Gasteiger partial charge in [-0.15, -0.1) is 0 Å². The van der Waals surface area contributed by atoms with E-state index in [-0.39, 0.29) is 12.0 Å². The fourth-order valence-electron chi connectivity index (χ4n) is 2.16. The number of hydrogen-bond acceptors (Lipinski definition) is 4. The van der Waals surface area contributed by atoms with Gasteiger partial charge in [0.05, 0.1) is 13.2 Å². The fourth-order valence-corrected chi connectivity index (χ4v) is 3.11. The molecule has 0 radical (unpaired) electrons. The predicted octanol–water partition coefficient (Wildman–Crippen LogP) is 2.35. The first-order chi connectivity index (χ1) is 9.17. The molecular formula is C13H16N2O2S2. The third-order valence-corrected chi connectivity index (χ3v) is 3.92. The highest BCUT2D eigenvalue weighted by Gasteiger charge is 2.38. The summed E-state index contributed by atoms with van der Waals surface area (Å²) in [4.78, 5) is 12.1. The zero-order chi connectivity index (χ0) is 13.8. The zero-order valence-corrected chi connectivity index (χ0v) is 12.4. The molecule has 0 bridgehead atoms. The Morgan fingerprint density at radius 3 is 3.00 bits per heavy atom.